The minimum atomic E-state index is 0.0670. The van der Waals surface area contributed by atoms with E-state index < -0.39 is 0 Å². The Balaban J connectivity index is 2.51. The SMILES string of the molecule is CCNC(c1ccccc1C)c1cc(Cl)ccc1Cl. The summed E-state index contributed by atoms with van der Waals surface area (Å²) in [7, 11) is 0. The molecule has 0 aromatic heterocycles. The second-order valence-corrected chi connectivity index (χ2v) is 5.36. The molecule has 0 aliphatic carbocycles. The third kappa shape index (κ3) is 3.30. The standard InChI is InChI=1S/C16H17Cl2N/c1-3-19-16(13-7-5-4-6-11(13)2)14-10-12(17)8-9-15(14)18/h4-10,16,19H,3H2,1-2H3. The van der Waals surface area contributed by atoms with E-state index in [0.717, 1.165) is 17.1 Å². The maximum atomic E-state index is 6.33. The summed E-state index contributed by atoms with van der Waals surface area (Å²) in [6.45, 7) is 5.06. The van der Waals surface area contributed by atoms with Crippen molar-refractivity contribution in [3.05, 3.63) is 69.2 Å². The van der Waals surface area contributed by atoms with E-state index >= 15 is 0 Å². The molecular formula is C16H17Cl2N. The molecule has 19 heavy (non-hydrogen) atoms. The molecule has 0 fully saturated rings. The third-order valence-electron chi connectivity index (χ3n) is 3.18. The van der Waals surface area contributed by atoms with Gasteiger partial charge in [0.15, 0.2) is 0 Å². The normalized spacial score (nSPS) is 12.4. The number of halogens is 2. The molecule has 0 bridgehead atoms. The van der Waals surface area contributed by atoms with Crippen molar-refractivity contribution in [2.24, 2.45) is 0 Å². The van der Waals surface area contributed by atoms with Gasteiger partial charge in [-0.05, 0) is 48.4 Å². The molecule has 0 saturated carbocycles. The summed E-state index contributed by atoms with van der Waals surface area (Å²) in [4.78, 5) is 0. The molecule has 100 valence electrons. The van der Waals surface area contributed by atoms with Crippen LogP contribution in [-0.4, -0.2) is 6.54 Å². The van der Waals surface area contributed by atoms with Crippen LogP contribution in [0.2, 0.25) is 10.0 Å². The minimum Gasteiger partial charge on any atom is -0.306 e. The summed E-state index contributed by atoms with van der Waals surface area (Å²) in [6.07, 6.45) is 0. The van der Waals surface area contributed by atoms with E-state index in [1.165, 1.54) is 11.1 Å². The lowest BCUT2D eigenvalue weighted by Crippen LogP contribution is -2.23. The number of aryl methyl sites for hydroxylation is 1. The molecule has 0 saturated heterocycles. The second-order valence-electron chi connectivity index (χ2n) is 4.51. The first kappa shape index (κ1) is 14.4. The van der Waals surface area contributed by atoms with Crippen molar-refractivity contribution in [3.63, 3.8) is 0 Å². The van der Waals surface area contributed by atoms with Gasteiger partial charge < -0.3 is 5.32 Å². The Kier molecular flexibility index (Phi) is 4.87. The van der Waals surface area contributed by atoms with Gasteiger partial charge in [0.2, 0.25) is 0 Å². The lowest BCUT2D eigenvalue weighted by Gasteiger charge is -2.22. The molecule has 0 spiro atoms. The maximum Gasteiger partial charge on any atom is 0.0594 e. The Morgan fingerprint density at radius 3 is 2.47 bits per heavy atom. The molecule has 2 rings (SSSR count). The molecule has 1 atom stereocenters. The van der Waals surface area contributed by atoms with Crippen LogP contribution in [0.3, 0.4) is 0 Å². The first-order chi connectivity index (χ1) is 9.13. The van der Waals surface area contributed by atoms with Gasteiger partial charge >= 0.3 is 0 Å². The average Bonchev–Trinajstić information content (AvgIpc) is 2.40. The van der Waals surface area contributed by atoms with Crippen LogP contribution in [0.4, 0.5) is 0 Å². The predicted octanol–water partition coefficient (Wildman–Crippen LogP) is 5.00. The fourth-order valence-electron chi connectivity index (χ4n) is 2.24. The van der Waals surface area contributed by atoms with Crippen molar-refractivity contribution >= 4 is 23.2 Å². The predicted molar refractivity (Wildman–Crippen MR) is 83.2 cm³/mol. The molecule has 0 amide bonds. The molecule has 1 N–H and O–H groups in total. The molecule has 2 aromatic carbocycles. The van der Waals surface area contributed by atoms with E-state index in [1.54, 1.807) is 0 Å². The number of rotatable bonds is 4. The highest BCUT2D eigenvalue weighted by atomic mass is 35.5. The summed E-state index contributed by atoms with van der Waals surface area (Å²) < 4.78 is 0. The summed E-state index contributed by atoms with van der Waals surface area (Å²) in [5.74, 6) is 0. The molecule has 0 heterocycles. The van der Waals surface area contributed by atoms with E-state index in [9.17, 15) is 0 Å². The summed E-state index contributed by atoms with van der Waals surface area (Å²) in [5, 5.41) is 4.92. The van der Waals surface area contributed by atoms with Gasteiger partial charge in [-0.3, -0.25) is 0 Å². The second kappa shape index (κ2) is 6.42. The lowest BCUT2D eigenvalue weighted by atomic mass is 9.95. The van der Waals surface area contributed by atoms with E-state index in [0.29, 0.717) is 5.02 Å². The van der Waals surface area contributed by atoms with Gasteiger partial charge in [-0.15, -0.1) is 0 Å². The first-order valence-electron chi connectivity index (χ1n) is 6.37. The topological polar surface area (TPSA) is 12.0 Å². The van der Waals surface area contributed by atoms with Crippen molar-refractivity contribution in [1.29, 1.82) is 0 Å². The largest absolute Gasteiger partial charge is 0.306 e. The van der Waals surface area contributed by atoms with Crippen molar-refractivity contribution < 1.29 is 0 Å². The summed E-state index contributed by atoms with van der Waals surface area (Å²) >= 11 is 12.4. The van der Waals surface area contributed by atoms with Gasteiger partial charge in [-0.2, -0.15) is 0 Å². The molecule has 2 aromatic rings. The van der Waals surface area contributed by atoms with E-state index in [2.05, 4.69) is 31.3 Å². The molecule has 0 aliphatic rings. The Morgan fingerprint density at radius 2 is 1.79 bits per heavy atom. The van der Waals surface area contributed by atoms with E-state index in [-0.39, 0.29) is 6.04 Å². The van der Waals surface area contributed by atoms with Gasteiger partial charge in [0.05, 0.1) is 6.04 Å². The molecule has 0 aliphatic heterocycles. The Morgan fingerprint density at radius 1 is 1.05 bits per heavy atom. The van der Waals surface area contributed by atoms with Crippen molar-refractivity contribution in [1.82, 2.24) is 5.32 Å². The van der Waals surface area contributed by atoms with Gasteiger partial charge in [-0.25, -0.2) is 0 Å². The highest BCUT2D eigenvalue weighted by Gasteiger charge is 2.17. The fraction of sp³-hybridized carbons (Fsp3) is 0.250. The van der Waals surface area contributed by atoms with E-state index in [1.807, 2.05) is 30.3 Å². The van der Waals surface area contributed by atoms with Crippen LogP contribution in [0.5, 0.6) is 0 Å². The molecule has 0 radical (unpaired) electrons. The van der Waals surface area contributed by atoms with Crippen LogP contribution in [0.15, 0.2) is 42.5 Å². The van der Waals surface area contributed by atoms with Crippen LogP contribution in [0.1, 0.15) is 29.7 Å². The van der Waals surface area contributed by atoms with Crippen molar-refractivity contribution in [3.8, 4) is 0 Å². The quantitative estimate of drug-likeness (QED) is 0.836. The first-order valence-corrected chi connectivity index (χ1v) is 7.13. The van der Waals surface area contributed by atoms with Crippen molar-refractivity contribution in [2.75, 3.05) is 6.54 Å². The Labute approximate surface area is 124 Å². The zero-order chi connectivity index (χ0) is 13.8. The third-order valence-corrected chi connectivity index (χ3v) is 3.76. The smallest absolute Gasteiger partial charge is 0.0594 e. The number of hydrogen-bond donors (Lipinski definition) is 1. The zero-order valence-corrected chi connectivity index (χ0v) is 12.6. The van der Waals surface area contributed by atoms with Gasteiger partial charge in [0.1, 0.15) is 0 Å². The Bertz CT molecular complexity index is 566. The van der Waals surface area contributed by atoms with E-state index in [4.69, 9.17) is 23.2 Å². The number of hydrogen-bond acceptors (Lipinski definition) is 1. The minimum absolute atomic E-state index is 0.0670. The van der Waals surface area contributed by atoms with Gasteiger partial charge in [0, 0.05) is 10.0 Å². The van der Waals surface area contributed by atoms with Crippen LogP contribution in [-0.2, 0) is 0 Å². The highest BCUT2D eigenvalue weighted by Crippen LogP contribution is 2.31. The number of benzene rings is 2. The number of nitrogens with one attached hydrogen (secondary N) is 1. The maximum absolute atomic E-state index is 6.33. The van der Waals surface area contributed by atoms with Gasteiger partial charge in [0.25, 0.3) is 0 Å². The average molecular weight is 294 g/mol. The molecular weight excluding hydrogens is 277 g/mol. The van der Waals surface area contributed by atoms with Crippen LogP contribution in [0, 0.1) is 6.92 Å². The highest BCUT2D eigenvalue weighted by molar-refractivity contribution is 6.33. The van der Waals surface area contributed by atoms with Crippen LogP contribution in [0.25, 0.3) is 0 Å². The Hall–Kier alpha value is -1.02. The molecule has 1 unspecified atom stereocenters. The monoisotopic (exact) mass is 293 g/mol. The molecule has 1 nitrogen and oxygen atoms in total. The van der Waals surface area contributed by atoms with Gasteiger partial charge in [-0.1, -0.05) is 54.4 Å². The summed E-state index contributed by atoms with van der Waals surface area (Å²) in [6, 6.07) is 14.0. The van der Waals surface area contributed by atoms with Crippen LogP contribution < -0.4 is 5.32 Å². The molecule has 3 heteroatoms. The van der Waals surface area contributed by atoms with Crippen molar-refractivity contribution in [2.45, 2.75) is 19.9 Å². The van der Waals surface area contributed by atoms with Crippen LogP contribution >= 0.6 is 23.2 Å². The zero-order valence-electron chi connectivity index (χ0n) is 11.1. The summed E-state index contributed by atoms with van der Waals surface area (Å²) in [5.41, 5.74) is 3.49. The lowest BCUT2D eigenvalue weighted by molar-refractivity contribution is 0.628. The fourth-order valence-corrected chi connectivity index (χ4v) is 2.65.